The second kappa shape index (κ2) is 7.85. The van der Waals surface area contributed by atoms with Crippen LogP contribution in [0.3, 0.4) is 0 Å². The molecule has 138 valence electrons. The average molecular weight is 368 g/mol. The van der Waals surface area contributed by atoms with E-state index in [9.17, 15) is 28.1 Å². The molecular weight excluding hydrogens is 353 g/mol. The van der Waals surface area contributed by atoms with Crippen LogP contribution in [0.5, 0.6) is 5.75 Å². The molecule has 0 aliphatic heterocycles. The number of hydrogen-bond acceptors (Lipinski definition) is 4. The van der Waals surface area contributed by atoms with Gasteiger partial charge in [-0.3, -0.25) is 14.9 Å². The Bertz CT molecular complexity index is 791. The Hall–Kier alpha value is -3.10. The van der Waals surface area contributed by atoms with Crippen molar-refractivity contribution >= 4 is 11.6 Å². The first-order valence-corrected chi connectivity index (χ1v) is 7.53. The van der Waals surface area contributed by atoms with Crippen molar-refractivity contribution < 1.29 is 27.6 Å². The normalized spacial score (nSPS) is 12.3. The maximum absolute atomic E-state index is 12.1. The van der Waals surface area contributed by atoms with E-state index in [0.717, 1.165) is 12.1 Å². The van der Waals surface area contributed by atoms with Crippen LogP contribution in [0, 0.1) is 10.1 Å². The number of nitrogens with zero attached hydrogens (tertiary/aromatic N) is 1. The highest BCUT2D eigenvalue weighted by Gasteiger charge is 2.31. The lowest BCUT2D eigenvalue weighted by atomic mass is 10.1. The van der Waals surface area contributed by atoms with Gasteiger partial charge in [0.15, 0.2) is 0 Å². The van der Waals surface area contributed by atoms with Crippen molar-refractivity contribution in [1.29, 1.82) is 0 Å². The quantitative estimate of drug-likeness (QED) is 0.619. The van der Waals surface area contributed by atoms with E-state index in [4.69, 9.17) is 0 Å². The summed E-state index contributed by atoms with van der Waals surface area (Å²) in [4.78, 5) is 22.5. The van der Waals surface area contributed by atoms with Crippen molar-refractivity contribution in [2.75, 3.05) is 0 Å². The first-order valence-electron chi connectivity index (χ1n) is 7.53. The molecule has 0 aliphatic carbocycles. The average Bonchev–Trinajstić information content (AvgIpc) is 2.54. The molecule has 0 fully saturated rings. The van der Waals surface area contributed by atoms with Gasteiger partial charge >= 0.3 is 6.36 Å². The van der Waals surface area contributed by atoms with E-state index in [2.05, 4.69) is 10.1 Å². The van der Waals surface area contributed by atoms with E-state index in [-0.39, 0.29) is 23.4 Å². The van der Waals surface area contributed by atoms with Crippen LogP contribution in [0.15, 0.2) is 48.5 Å². The topological polar surface area (TPSA) is 81.5 Å². The molecule has 1 atom stereocenters. The van der Waals surface area contributed by atoms with Gasteiger partial charge in [-0.1, -0.05) is 30.3 Å². The molecule has 1 unspecified atom stereocenters. The number of hydrogen-bond donors (Lipinski definition) is 1. The van der Waals surface area contributed by atoms with Gasteiger partial charge in [-0.05, 0) is 24.6 Å². The minimum absolute atomic E-state index is 0.149. The summed E-state index contributed by atoms with van der Waals surface area (Å²) in [6, 6.07) is 10.5. The predicted molar refractivity (Wildman–Crippen MR) is 86.5 cm³/mol. The van der Waals surface area contributed by atoms with Crippen molar-refractivity contribution in [2.24, 2.45) is 0 Å². The Labute approximate surface area is 146 Å². The Balaban J connectivity index is 2.00. The van der Waals surface area contributed by atoms with Gasteiger partial charge in [0.1, 0.15) is 5.75 Å². The summed E-state index contributed by atoms with van der Waals surface area (Å²) in [5.74, 6) is -0.804. The lowest BCUT2D eigenvalue weighted by molar-refractivity contribution is -0.385. The first kappa shape index (κ1) is 19.2. The minimum Gasteiger partial charge on any atom is -0.406 e. The molecule has 0 heterocycles. The highest BCUT2D eigenvalue weighted by molar-refractivity contribution is 5.80. The molecule has 26 heavy (non-hydrogen) atoms. The largest absolute Gasteiger partial charge is 0.573 e. The molecule has 0 aromatic heterocycles. The molecular formula is C17H15F3N2O4. The Kier molecular flexibility index (Phi) is 5.81. The van der Waals surface area contributed by atoms with E-state index in [1.807, 2.05) is 0 Å². The fraction of sp³-hybridized carbons (Fsp3) is 0.235. The molecule has 0 saturated heterocycles. The third-order valence-corrected chi connectivity index (χ3v) is 3.53. The van der Waals surface area contributed by atoms with Crippen molar-refractivity contribution in [3.8, 4) is 5.75 Å². The number of halogens is 3. The van der Waals surface area contributed by atoms with Crippen LogP contribution in [0.25, 0.3) is 0 Å². The van der Waals surface area contributed by atoms with Gasteiger partial charge in [0, 0.05) is 11.6 Å². The van der Waals surface area contributed by atoms with Crippen molar-refractivity contribution in [2.45, 2.75) is 25.7 Å². The molecule has 0 spiro atoms. The number of ether oxygens (including phenoxy) is 1. The summed E-state index contributed by atoms with van der Waals surface area (Å²) in [6.07, 6.45) is -4.96. The van der Waals surface area contributed by atoms with Crippen LogP contribution >= 0.6 is 0 Å². The fourth-order valence-electron chi connectivity index (χ4n) is 2.35. The molecule has 2 rings (SSSR count). The summed E-state index contributed by atoms with van der Waals surface area (Å²) in [6.45, 7) is 1.65. The first-order chi connectivity index (χ1) is 12.2. The standard InChI is InChI=1S/C17H15F3N2O4/c1-11(12-6-8-14(9-7-12)26-17(18,19)20)21-16(23)10-13-4-2-3-5-15(13)22(24)25/h2-9,11H,10H2,1H3,(H,21,23). The van der Waals surface area contributed by atoms with Crippen LogP contribution in [0.1, 0.15) is 24.1 Å². The zero-order valence-corrected chi connectivity index (χ0v) is 13.6. The molecule has 2 aromatic rings. The zero-order chi connectivity index (χ0) is 19.3. The van der Waals surface area contributed by atoms with Crippen molar-refractivity contribution in [3.63, 3.8) is 0 Å². The molecule has 0 radical (unpaired) electrons. The molecule has 0 aliphatic rings. The SMILES string of the molecule is CC(NC(=O)Cc1ccccc1[N+](=O)[O-])c1ccc(OC(F)(F)F)cc1. The molecule has 0 saturated carbocycles. The lowest BCUT2D eigenvalue weighted by Gasteiger charge is -2.15. The van der Waals surface area contributed by atoms with Gasteiger partial charge in [-0.15, -0.1) is 13.2 Å². The molecule has 0 bridgehead atoms. The van der Waals surface area contributed by atoms with Gasteiger partial charge in [0.2, 0.25) is 5.91 Å². The van der Waals surface area contributed by atoms with E-state index < -0.39 is 23.2 Å². The minimum atomic E-state index is -4.77. The summed E-state index contributed by atoms with van der Waals surface area (Å²) in [7, 11) is 0. The van der Waals surface area contributed by atoms with E-state index in [0.29, 0.717) is 5.56 Å². The number of rotatable bonds is 6. The summed E-state index contributed by atoms with van der Waals surface area (Å²) >= 11 is 0. The monoisotopic (exact) mass is 368 g/mol. The summed E-state index contributed by atoms with van der Waals surface area (Å²) in [5.41, 5.74) is 0.690. The molecule has 6 nitrogen and oxygen atoms in total. The maximum Gasteiger partial charge on any atom is 0.573 e. The summed E-state index contributed by atoms with van der Waals surface area (Å²) in [5, 5.41) is 13.6. The number of nitrogens with one attached hydrogen (secondary N) is 1. The number of nitro benzene ring substituents is 1. The van der Waals surface area contributed by atoms with Crippen molar-refractivity contribution in [3.05, 3.63) is 69.8 Å². The number of carbonyl (C=O) groups is 1. The van der Waals surface area contributed by atoms with Crippen LogP contribution in [0.2, 0.25) is 0 Å². The van der Waals surface area contributed by atoms with Gasteiger partial charge < -0.3 is 10.1 Å². The summed E-state index contributed by atoms with van der Waals surface area (Å²) < 4.78 is 40.2. The van der Waals surface area contributed by atoms with Crippen LogP contribution < -0.4 is 10.1 Å². The molecule has 1 amide bonds. The number of benzene rings is 2. The van der Waals surface area contributed by atoms with Crippen LogP contribution in [-0.2, 0) is 11.2 Å². The molecule has 9 heteroatoms. The van der Waals surface area contributed by atoms with Crippen LogP contribution in [0.4, 0.5) is 18.9 Å². The van der Waals surface area contributed by atoms with E-state index in [1.165, 1.54) is 30.3 Å². The van der Waals surface area contributed by atoms with Crippen LogP contribution in [-0.4, -0.2) is 17.2 Å². The zero-order valence-electron chi connectivity index (χ0n) is 13.6. The van der Waals surface area contributed by atoms with E-state index >= 15 is 0 Å². The molecule has 1 N–H and O–H groups in total. The van der Waals surface area contributed by atoms with Crippen molar-refractivity contribution in [1.82, 2.24) is 5.32 Å². The van der Waals surface area contributed by atoms with Gasteiger partial charge in [0.25, 0.3) is 5.69 Å². The van der Waals surface area contributed by atoms with Gasteiger partial charge in [-0.25, -0.2) is 0 Å². The number of alkyl halides is 3. The maximum atomic E-state index is 12.1. The third kappa shape index (κ3) is 5.47. The smallest absolute Gasteiger partial charge is 0.406 e. The second-order valence-corrected chi connectivity index (χ2v) is 5.47. The highest BCUT2D eigenvalue weighted by Crippen LogP contribution is 2.24. The van der Waals surface area contributed by atoms with Gasteiger partial charge in [0.05, 0.1) is 17.4 Å². The third-order valence-electron chi connectivity index (χ3n) is 3.53. The number of nitro groups is 1. The lowest BCUT2D eigenvalue weighted by Crippen LogP contribution is -2.28. The Morgan fingerprint density at radius 1 is 1.19 bits per heavy atom. The fourth-order valence-corrected chi connectivity index (χ4v) is 2.35. The number of para-hydroxylation sites is 1. The highest BCUT2D eigenvalue weighted by atomic mass is 19.4. The Morgan fingerprint density at radius 3 is 2.38 bits per heavy atom. The Morgan fingerprint density at radius 2 is 1.81 bits per heavy atom. The van der Waals surface area contributed by atoms with E-state index in [1.54, 1.807) is 13.0 Å². The second-order valence-electron chi connectivity index (χ2n) is 5.47. The number of amides is 1. The predicted octanol–water partition coefficient (Wildman–Crippen LogP) is 3.91. The molecule has 2 aromatic carbocycles. The number of carbonyl (C=O) groups excluding carboxylic acids is 1. The van der Waals surface area contributed by atoms with Gasteiger partial charge in [-0.2, -0.15) is 0 Å².